The maximum Gasteiger partial charge on any atom is 0.262 e. The number of ether oxygens (including phenoxy) is 1. The van der Waals surface area contributed by atoms with Gasteiger partial charge in [0.25, 0.3) is 5.88 Å². The molecule has 4 heteroatoms. The first-order valence-corrected chi connectivity index (χ1v) is 5.14. The highest BCUT2D eigenvalue weighted by molar-refractivity contribution is 5.42. The molecule has 1 aromatic carbocycles. The lowest BCUT2D eigenvalue weighted by atomic mass is 10.3. The van der Waals surface area contributed by atoms with E-state index >= 15 is 0 Å². The Morgan fingerprint density at radius 3 is 2.69 bits per heavy atom. The van der Waals surface area contributed by atoms with Crippen LogP contribution in [0, 0.1) is 0 Å². The number of hydrogen-bond acceptors (Lipinski definition) is 4. The van der Waals surface area contributed by atoms with Crippen LogP contribution in [-0.4, -0.2) is 9.97 Å². The fraction of sp³-hybridized carbons (Fsp3) is 0.167. The summed E-state index contributed by atoms with van der Waals surface area (Å²) in [5, 5.41) is 0. The van der Waals surface area contributed by atoms with E-state index in [0.29, 0.717) is 17.4 Å². The Hall–Kier alpha value is -2.10. The lowest BCUT2D eigenvalue weighted by molar-refractivity contribution is 0.461. The third-order valence-electron chi connectivity index (χ3n) is 2.14. The van der Waals surface area contributed by atoms with Crippen molar-refractivity contribution in [3.05, 3.63) is 42.2 Å². The molecule has 0 unspecified atom stereocenters. The zero-order valence-corrected chi connectivity index (χ0v) is 9.05. The summed E-state index contributed by atoms with van der Waals surface area (Å²) in [7, 11) is 0. The fourth-order valence-corrected chi connectivity index (χ4v) is 1.26. The van der Waals surface area contributed by atoms with Crippen molar-refractivity contribution in [1.29, 1.82) is 0 Å². The van der Waals surface area contributed by atoms with Gasteiger partial charge in [0.2, 0.25) is 0 Å². The van der Waals surface area contributed by atoms with Crippen LogP contribution in [0.25, 0.3) is 0 Å². The van der Waals surface area contributed by atoms with Crippen molar-refractivity contribution < 1.29 is 4.74 Å². The predicted molar refractivity (Wildman–Crippen MR) is 62.3 cm³/mol. The first-order valence-electron chi connectivity index (χ1n) is 5.14. The molecule has 0 atom stereocenters. The van der Waals surface area contributed by atoms with E-state index in [1.807, 2.05) is 37.3 Å². The molecule has 1 aromatic heterocycles. The number of aromatic nitrogens is 2. The molecular formula is C12H13N3O. The van der Waals surface area contributed by atoms with Crippen LogP contribution >= 0.6 is 0 Å². The average Bonchev–Trinajstić information content (AvgIpc) is 2.33. The highest BCUT2D eigenvalue weighted by Crippen LogP contribution is 2.23. The molecule has 0 aliphatic carbocycles. The fourth-order valence-electron chi connectivity index (χ4n) is 1.26. The zero-order valence-electron chi connectivity index (χ0n) is 9.05. The maximum absolute atomic E-state index is 5.69. The van der Waals surface area contributed by atoms with E-state index in [4.69, 9.17) is 10.5 Å². The number of aryl methyl sites for hydroxylation is 1. The van der Waals surface area contributed by atoms with Gasteiger partial charge in [-0.15, -0.1) is 0 Å². The molecule has 0 radical (unpaired) electrons. The van der Waals surface area contributed by atoms with Crippen LogP contribution in [0.3, 0.4) is 0 Å². The summed E-state index contributed by atoms with van der Waals surface area (Å²) >= 11 is 0. The Morgan fingerprint density at radius 1 is 1.25 bits per heavy atom. The van der Waals surface area contributed by atoms with E-state index in [1.54, 1.807) is 6.20 Å². The molecule has 0 amide bonds. The van der Waals surface area contributed by atoms with Crippen LogP contribution in [0.5, 0.6) is 11.6 Å². The summed E-state index contributed by atoms with van der Waals surface area (Å²) in [5.41, 5.74) is 6.55. The van der Waals surface area contributed by atoms with Crippen molar-refractivity contribution in [2.45, 2.75) is 13.3 Å². The van der Waals surface area contributed by atoms with Crippen molar-refractivity contribution in [3.63, 3.8) is 0 Å². The van der Waals surface area contributed by atoms with Gasteiger partial charge in [0.05, 0.1) is 11.9 Å². The molecule has 82 valence electrons. The third-order valence-corrected chi connectivity index (χ3v) is 2.14. The second-order valence-corrected chi connectivity index (χ2v) is 3.32. The highest BCUT2D eigenvalue weighted by Gasteiger charge is 2.06. The standard InChI is InChI=1S/C12H13N3O/c1-2-9-8-14-11(13)12(15-9)16-10-6-4-3-5-7-10/h3-8H,2H2,1H3,(H2,13,14). The molecule has 0 fully saturated rings. The lowest BCUT2D eigenvalue weighted by Crippen LogP contribution is -2.00. The Morgan fingerprint density at radius 2 is 2.00 bits per heavy atom. The number of nitrogen functional groups attached to an aromatic ring is 1. The number of benzene rings is 1. The molecule has 0 saturated heterocycles. The van der Waals surface area contributed by atoms with Gasteiger partial charge < -0.3 is 10.5 Å². The van der Waals surface area contributed by atoms with Crippen molar-refractivity contribution >= 4 is 5.82 Å². The first-order chi connectivity index (χ1) is 7.79. The minimum absolute atomic E-state index is 0.307. The third kappa shape index (κ3) is 2.28. The lowest BCUT2D eigenvalue weighted by Gasteiger charge is -2.07. The van der Waals surface area contributed by atoms with E-state index in [0.717, 1.165) is 12.1 Å². The summed E-state index contributed by atoms with van der Waals surface area (Å²) in [5.74, 6) is 1.38. The quantitative estimate of drug-likeness (QED) is 0.854. The summed E-state index contributed by atoms with van der Waals surface area (Å²) < 4.78 is 5.55. The van der Waals surface area contributed by atoms with Gasteiger partial charge in [-0.25, -0.2) is 9.97 Å². The normalized spacial score (nSPS) is 10.1. The van der Waals surface area contributed by atoms with Gasteiger partial charge >= 0.3 is 0 Å². The van der Waals surface area contributed by atoms with Crippen molar-refractivity contribution in [1.82, 2.24) is 9.97 Å². The summed E-state index contributed by atoms with van der Waals surface area (Å²) in [6, 6.07) is 9.40. The molecule has 4 nitrogen and oxygen atoms in total. The molecule has 1 heterocycles. The Labute approximate surface area is 94.1 Å². The van der Waals surface area contributed by atoms with Gasteiger partial charge in [-0.2, -0.15) is 0 Å². The van der Waals surface area contributed by atoms with Gasteiger partial charge in [0, 0.05) is 0 Å². The summed E-state index contributed by atoms with van der Waals surface area (Å²) in [6.07, 6.45) is 2.46. The van der Waals surface area contributed by atoms with Crippen LogP contribution < -0.4 is 10.5 Å². The van der Waals surface area contributed by atoms with E-state index in [9.17, 15) is 0 Å². The number of para-hydroxylation sites is 1. The largest absolute Gasteiger partial charge is 0.436 e. The van der Waals surface area contributed by atoms with Crippen LogP contribution in [-0.2, 0) is 6.42 Å². The van der Waals surface area contributed by atoms with E-state index in [1.165, 1.54) is 0 Å². The zero-order chi connectivity index (χ0) is 11.4. The number of anilines is 1. The van der Waals surface area contributed by atoms with Crippen LogP contribution in [0.1, 0.15) is 12.6 Å². The molecular weight excluding hydrogens is 202 g/mol. The van der Waals surface area contributed by atoms with Crippen molar-refractivity contribution in [2.24, 2.45) is 0 Å². The molecule has 0 aliphatic rings. The van der Waals surface area contributed by atoms with Crippen molar-refractivity contribution in [3.8, 4) is 11.6 Å². The number of hydrogen-bond donors (Lipinski definition) is 1. The second kappa shape index (κ2) is 4.61. The number of nitrogens with zero attached hydrogens (tertiary/aromatic N) is 2. The monoisotopic (exact) mass is 215 g/mol. The number of rotatable bonds is 3. The molecule has 0 aliphatic heterocycles. The topological polar surface area (TPSA) is 61.0 Å². The van der Waals surface area contributed by atoms with E-state index in [-0.39, 0.29) is 0 Å². The Kier molecular flexibility index (Phi) is 3.00. The average molecular weight is 215 g/mol. The maximum atomic E-state index is 5.69. The Bertz CT molecular complexity index is 471. The van der Waals surface area contributed by atoms with Crippen LogP contribution in [0.4, 0.5) is 5.82 Å². The molecule has 16 heavy (non-hydrogen) atoms. The SMILES string of the molecule is CCc1cnc(N)c(Oc2ccccc2)n1. The summed E-state index contributed by atoms with van der Waals surface area (Å²) in [4.78, 5) is 8.31. The highest BCUT2D eigenvalue weighted by atomic mass is 16.5. The predicted octanol–water partition coefficient (Wildman–Crippen LogP) is 2.41. The minimum Gasteiger partial charge on any atom is -0.436 e. The molecule has 2 rings (SSSR count). The van der Waals surface area contributed by atoms with Gasteiger partial charge in [0.15, 0.2) is 5.82 Å². The van der Waals surface area contributed by atoms with E-state index < -0.39 is 0 Å². The van der Waals surface area contributed by atoms with Gasteiger partial charge in [-0.1, -0.05) is 25.1 Å². The first kappa shape index (κ1) is 10.4. The van der Waals surface area contributed by atoms with Crippen LogP contribution in [0.2, 0.25) is 0 Å². The molecule has 0 saturated carbocycles. The van der Waals surface area contributed by atoms with Gasteiger partial charge in [-0.05, 0) is 18.6 Å². The van der Waals surface area contributed by atoms with Gasteiger partial charge in [-0.3, -0.25) is 0 Å². The van der Waals surface area contributed by atoms with Crippen LogP contribution in [0.15, 0.2) is 36.5 Å². The smallest absolute Gasteiger partial charge is 0.262 e. The van der Waals surface area contributed by atoms with E-state index in [2.05, 4.69) is 9.97 Å². The molecule has 0 spiro atoms. The Balaban J connectivity index is 2.27. The summed E-state index contributed by atoms with van der Waals surface area (Å²) in [6.45, 7) is 2.01. The molecule has 0 bridgehead atoms. The molecule has 2 N–H and O–H groups in total. The van der Waals surface area contributed by atoms with Crippen molar-refractivity contribution in [2.75, 3.05) is 5.73 Å². The second-order valence-electron chi connectivity index (χ2n) is 3.32. The van der Waals surface area contributed by atoms with Gasteiger partial charge in [0.1, 0.15) is 5.75 Å². The minimum atomic E-state index is 0.307. The number of nitrogens with two attached hydrogens (primary N) is 1. The molecule has 2 aromatic rings.